The molecule has 1 aromatic rings. The van der Waals surface area contributed by atoms with Crippen molar-refractivity contribution >= 4 is 0 Å². The Bertz CT molecular complexity index is 423. The molecule has 0 heterocycles. The van der Waals surface area contributed by atoms with Gasteiger partial charge in [-0.2, -0.15) is 0 Å². The zero-order chi connectivity index (χ0) is 13.5. The largest absolute Gasteiger partial charge is 0.384 e. The maximum atomic E-state index is 10.5. The summed E-state index contributed by atoms with van der Waals surface area (Å²) in [6, 6.07) is 8.08. The van der Waals surface area contributed by atoms with Crippen LogP contribution in [0.15, 0.2) is 35.9 Å². The lowest BCUT2D eigenvalue weighted by molar-refractivity contribution is 0.183. The first-order valence-corrected chi connectivity index (χ1v) is 7.26. The quantitative estimate of drug-likeness (QED) is 0.824. The molecule has 0 aliphatic heterocycles. The average molecular weight is 260 g/mol. The van der Waals surface area contributed by atoms with E-state index in [1.807, 2.05) is 24.3 Å². The molecule has 2 nitrogen and oxygen atoms in total. The number of rotatable bonds is 4. The van der Waals surface area contributed by atoms with Crippen molar-refractivity contribution < 1.29 is 9.84 Å². The van der Waals surface area contributed by atoms with Crippen LogP contribution < -0.4 is 0 Å². The monoisotopic (exact) mass is 260 g/mol. The van der Waals surface area contributed by atoms with Crippen LogP contribution in [0.2, 0.25) is 0 Å². The summed E-state index contributed by atoms with van der Waals surface area (Å²) >= 11 is 0. The second kappa shape index (κ2) is 7.46. The number of methoxy groups -OCH3 is 1. The number of ether oxygens (including phenoxy) is 1. The molecule has 0 amide bonds. The Morgan fingerprint density at radius 2 is 2.05 bits per heavy atom. The minimum Gasteiger partial charge on any atom is -0.384 e. The summed E-state index contributed by atoms with van der Waals surface area (Å²) in [7, 11) is 1.69. The van der Waals surface area contributed by atoms with Crippen LogP contribution in [0.1, 0.15) is 55.8 Å². The Kier molecular flexibility index (Phi) is 5.62. The van der Waals surface area contributed by atoms with Crippen LogP contribution in [0, 0.1) is 0 Å². The maximum Gasteiger partial charge on any atom is 0.100 e. The molecular formula is C17H24O2. The van der Waals surface area contributed by atoms with E-state index >= 15 is 0 Å². The molecule has 0 bridgehead atoms. The van der Waals surface area contributed by atoms with E-state index < -0.39 is 6.10 Å². The predicted molar refractivity (Wildman–Crippen MR) is 77.9 cm³/mol. The Morgan fingerprint density at radius 1 is 1.21 bits per heavy atom. The third-order valence-corrected chi connectivity index (χ3v) is 3.76. The molecule has 1 unspecified atom stereocenters. The normalized spacial score (nSPS) is 21.1. The minimum absolute atomic E-state index is 0.449. The molecule has 1 aliphatic carbocycles. The van der Waals surface area contributed by atoms with Crippen molar-refractivity contribution in [2.45, 2.75) is 51.2 Å². The van der Waals surface area contributed by atoms with Crippen molar-refractivity contribution in [2.24, 2.45) is 0 Å². The molecular weight excluding hydrogens is 236 g/mol. The van der Waals surface area contributed by atoms with Crippen molar-refractivity contribution in [3.8, 4) is 0 Å². The molecule has 0 saturated carbocycles. The Morgan fingerprint density at radius 3 is 2.89 bits per heavy atom. The highest BCUT2D eigenvalue weighted by molar-refractivity contribution is 5.30. The molecule has 0 radical (unpaired) electrons. The van der Waals surface area contributed by atoms with E-state index in [1.54, 1.807) is 7.11 Å². The van der Waals surface area contributed by atoms with Gasteiger partial charge in [0.2, 0.25) is 0 Å². The Labute approximate surface area is 116 Å². The SMILES string of the molecule is COCc1cccc(C(O)/C2=C/CCCCCC2)c1. The molecule has 1 N–H and O–H groups in total. The van der Waals surface area contributed by atoms with E-state index in [-0.39, 0.29) is 0 Å². The van der Waals surface area contributed by atoms with Crippen LogP contribution in [0.5, 0.6) is 0 Å². The van der Waals surface area contributed by atoms with Crippen LogP contribution in [0.3, 0.4) is 0 Å². The molecule has 0 spiro atoms. The van der Waals surface area contributed by atoms with E-state index in [0.29, 0.717) is 6.61 Å². The van der Waals surface area contributed by atoms with Gasteiger partial charge in [-0.3, -0.25) is 0 Å². The van der Waals surface area contributed by atoms with Crippen molar-refractivity contribution in [1.82, 2.24) is 0 Å². The fourth-order valence-electron chi connectivity index (χ4n) is 2.70. The Balaban J connectivity index is 2.12. The molecule has 1 aliphatic rings. The van der Waals surface area contributed by atoms with Crippen molar-refractivity contribution in [3.05, 3.63) is 47.0 Å². The first-order valence-electron chi connectivity index (χ1n) is 7.26. The number of hydrogen-bond acceptors (Lipinski definition) is 2. The lowest BCUT2D eigenvalue weighted by Gasteiger charge is -2.18. The minimum atomic E-state index is -0.449. The first-order chi connectivity index (χ1) is 9.31. The van der Waals surface area contributed by atoms with Gasteiger partial charge in [0.05, 0.1) is 6.61 Å². The van der Waals surface area contributed by atoms with Gasteiger partial charge in [0.25, 0.3) is 0 Å². The van der Waals surface area contributed by atoms with Gasteiger partial charge in [0.15, 0.2) is 0 Å². The van der Waals surface area contributed by atoms with Gasteiger partial charge in [0, 0.05) is 7.11 Å². The molecule has 0 fully saturated rings. The zero-order valence-electron chi connectivity index (χ0n) is 11.8. The van der Waals surface area contributed by atoms with Gasteiger partial charge in [-0.1, -0.05) is 43.2 Å². The molecule has 104 valence electrons. The summed E-state index contributed by atoms with van der Waals surface area (Å²) in [6.07, 6.45) is 8.97. The van der Waals surface area contributed by atoms with Gasteiger partial charge in [0.1, 0.15) is 6.10 Å². The predicted octanol–water partition coefficient (Wildman–Crippen LogP) is 4.15. The first kappa shape index (κ1) is 14.3. The van der Waals surface area contributed by atoms with E-state index in [9.17, 15) is 5.11 Å². The van der Waals surface area contributed by atoms with Crippen LogP contribution >= 0.6 is 0 Å². The molecule has 0 saturated heterocycles. The summed E-state index contributed by atoms with van der Waals surface area (Å²) in [5.74, 6) is 0. The van der Waals surface area contributed by atoms with E-state index in [1.165, 1.54) is 31.3 Å². The molecule has 0 aromatic heterocycles. The van der Waals surface area contributed by atoms with Crippen LogP contribution in [0.4, 0.5) is 0 Å². The molecule has 1 aromatic carbocycles. The highest BCUT2D eigenvalue weighted by Gasteiger charge is 2.14. The van der Waals surface area contributed by atoms with E-state index in [4.69, 9.17) is 4.74 Å². The topological polar surface area (TPSA) is 29.5 Å². The van der Waals surface area contributed by atoms with Gasteiger partial charge >= 0.3 is 0 Å². The lowest BCUT2D eigenvalue weighted by Crippen LogP contribution is -2.04. The van der Waals surface area contributed by atoms with Crippen molar-refractivity contribution in [3.63, 3.8) is 0 Å². The number of hydrogen-bond donors (Lipinski definition) is 1. The zero-order valence-corrected chi connectivity index (χ0v) is 11.8. The second-order valence-corrected chi connectivity index (χ2v) is 5.31. The third-order valence-electron chi connectivity index (χ3n) is 3.76. The van der Waals surface area contributed by atoms with Crippen LogP contribution in [-0.2, 0) is 11.3 Å². The summed E-state index contributed by atoms with van der Waals surface area (Å²) in [6.45, 7) is 0.597. The standard InChI is InChI=1S/C17H24O2/c1-19-13-14-8-7-11-16(12-14)17(18)15-9-5-3-2-4-6-10-15/h7-9,11-12,17-18H,2-6,10,13H2,1H3/b15-9+. The maximum absolute atomic E-state index is 10.5. The molecule has 1 atom stereocenters. The summed E-state index contributed by atoms with van der Waals surface area (Å²) in [5.41, 5.74) is 3.29. The number of aliphatic hydroxyl groups is 1. The van der Waals surface area contributed by atoms with Gasteiger partial charge in [-0.15, -0.1) is 0 Å². The summed E-state index contributed by atoms with van der Waals surface area (Å²) in [5, 5.41) is 10.5. The number of aliphatic hydroxyl groups excluding tert-OH is 1. The van der Waals surface area contributed by atoms with Gasteiger partial charge in [-0.25, -0.2) is 0 Å². The van der Waals surface area contributed by atoms with Crippen LogP contribution in [-0.4, -0.2) is 12.2 Å². The third kappa shape index (κ3) is 4.19. The highest BCUT2D eigenvalue weighted by Crippen LogP contribution is 2.29. The van der Waals surface area contributed by atoms with E-state index in [2.05, 4.69) is 6.08 Å². The van der Waals surface area contributed by atoms with Gasteiger partial charge in [-0.05, 0) is 42.4 Å². The molecule has 2 heteroatoms. The molecule has 2 rings (SSSR count). The smallest absolute Gasteiger partial charge is 0.100 e. The number of benzene rings is 1. The highest BCUT2D eigenvalue weighted by atomic mass is 16.5. The Hall–Kier alpha value is -1.12. The summed E-state index contributed by atoms with van der Waals surface area (Å²) < 4.78 is 5.15. The van der Waals surface area contributed by atoms with Crippen molar-refractivity contribution in [2.75, 3.05) is 7.11 Å². The summed E-state index contributed by atoms with van der Waals surface area (Å²) in [4.78, 5) is 0. The van der Waals surface area contributed by atoms with Crippen LogP contribution in [0.25, 0.3) is 0 Å². The second-order valence-electron chi connectivity index (χ2n) is 5.31. The average Bonchev–Trinajstić information content (AvgIpc) is 2.38. The fourth-order valence-corrected chi connectivity index (χ4v) is 2.70. The van der Waals surface area contributed by atoms with E-state index in [0.717, 1.165) is 24.0 Å². The molecule has 19 heavy (non-hydrogen) atoms. The van der Waals surface area contributed by atoms with Gasteiger partial charge < -0.3 is 9.84 Å². The number of allylic oxidation sites excluding steroid dienone is 1. The lowest BCUT2D eigenvalue weighted by atomic mass is 9.92. The fraction of sp³-hybridized carbons (Fsp3) is 0.529. The van der Waals surface area contributed by atoms with Crippen molar-refractivity contribution in [1.29, 1.82) is 0 Å².